The predicted molar refractivity (Wildman–Crippen MR) is 241 cm³/mol. The largest absolute Gasteiger partial charge is 0.444 e. The average Bonchev–Trinajstić information content (AvgIpc) is 3.22. The van der Waals surface area contributed by atoms with Crippen molar-refractivity contribution in [2.45, 2.75) is 109 Å². The molecule has 0 heterocycles. The minimum Gasteiger partial charge on any atom is -0.444 e. The maximum atomic E-state index is 13.9. The van der Waals surface area contributed by atoms with Crippen molar-refractivity contribution in [3.8, 4) is 0 Å². The summed E-state index contributed by atoms with van der Waals surface area (Å²) in [4.78, 5) is 80.8. The van der Waals surface area contributed by atoms with E-state index in [1.807, 2.05) is 121 Å². The minimum atomic E-state index is -1.05. The molecule has 6 amide bonds. The molecule has 0 aliphatic heterocycles. The van der Waals surface area contributed by atoms with Crippen LogP contribution in [-0.2, 0) is 54.3 Å². The molecule has 0 aromatic heterocycles. The van der Waals surface area contributed by atoms with Crippen LogP contribution in [0.3, 0.4) is 0 Å². The van der Waals surface area contributed by atoms with E-state index in [9.17, 15) is 28.8 Å². The van der Waals surface area contributed by atoms with Gasteiger partial charge in [0.15, 0.2) is 0 Å². The van der Waals surface area contributed by atoms with E-state index in [1.54, 1.807) is 41.5 Å². The van der Waals surface area contributed by atoms with Gasteiger partial charge in [0.2, 0.25) is 23.6 Å². The second kappa shape index (κ2) is 24.1. The Morgan fingerprint density at radius 1 is 0.397 bits per heavy atom. The van der Waals surface area contributed by atoms with Crippen molar-refractivity contribution < 1.29 is 38.2 Å². The molecule has 336 valence electrons. The Kier molecular flexibility index (Phi) is 18.7. The number of alkyl carbamates (subject to hydrolysis) is 2. The van der Waals surface area contributed by atoms with Gasteiger partial charge in [-0.3, -0.25) is 19.2 Å². The highest BCUT2D eigenvalue weighted by Gasteiger charge is 2.31. The number of ether oxygens (including phenoxy) is 2. The van der Waals surface area contributed by atoms with Gasteiger partial charge in [-0.1, -0.05) is 121 Å². The molecule has 4 aromatic rings. The van der Waals surface area contributed by atoms with Crippen LogP contribution in [0.4, 0.5) is 9.59 Å². The Hall–Kier alpha value is -6.70. The quantitative estimate of drug-likeness (QED) is 0.0642. The van der Waals surface area contributed by atoms with Gasteiger partial charge >= 0.3 is 12.2 Å². The fourth-order valence-corrected chi connectivity index (χ4v) is 6.44. The first-order valence-corrected chi connectivity index (χ1v) is 21.2. The van der Waals surface area contributed by atoms with E-state index in [-0.39, 0.29) is 38.8 Å². The third-order valence-corrected chi connectivity index (χ3v) is 9.36. The van der Waals surface area contributed by atoms with Gasteiger partial charge in [-0.05, 0) is 70.2 Å². The average molecular weight is 863 g/mol. The monoisotopic (exact) mass is 862 g/mol. The van der Waals surface area contributed by atoms with Crippen molar-refractivity contribution in [3.05, 3.63) is 144 Å². The zero-order valence-electron chi connectivity index (χ0n) is 37.1. The van der Waals surface area contributed by atoms with Gasteiger partial charge in [0, 0.05) is 38.8 Å². The number of hydrogen-bond acceptors (Lipinski definition) is 8. The molecule has 0 aliphatic carbocycles. The Balaban J connectivity index is 1.41. The molecule has 0 radical (unpaired) electrons. The molecular weight excluding hydrogens is 801 g/mol. The summed E-state index contributed by atoms with van der Waals surface area (Å²) in [5.41, 5.74) is 1.63. The van der Waals surface area contributed by atoms with Crippen LogP contribution in [0.15, 0.2) is 121 Å². The number of benzene rings is 4. The van der Waals surface area contributed by atoms with Crippen LogP contribution in [0, 0.1) is 0 Å². The number of amides is 6. The maximum Gasteiger partial charge on any atom is 0.408 e. The van der Waals surface area contributed by atoms with Crippen LogP contribution in [0.1, 0.15) is 70.2 Å². The highest BCUT2D eigenvalue weighted by Crippen LogP contribution is 2.12. The Morgan fingerprint density at radius 2 is 0.651 bits per heavy atom. The van der Waals surface area contributed by atoms with Gasteiger partial charge < -0.3 is 41.4 Å². The lowest BCUT2D eigenvalue weighted by molar-refractivity contribution is -0.130. The zero-order valence-corrected chi connectivity index (χ0v) is 37.1. The smallest absolute Gasteiger partial charge is 0.408 e. The van der Waals surface area contributed by atoms with E-state index in [4.69, 9.17) is 9.47 Å². The summed E-state index contributed by atoms with van der Waals surface area (Å²) < 4.78 is 10.9. The summed E-state index contributed by atoms with van der Waals surface area (Å²) in [6, 6.07) is 32.8. The summed E-state index contributed by atoms with van der Waals surface area (Å²) in [5, 5.41) is 16.8. The molecule has 0 saturated heterocycles. The van der Waals surface area contributed by atoms with Gasteiger partial charge in [0.05, 0.1) is 0 Å². The van der Waals surface area contributed by atoms with E-state index in [0.29, 0.717) is 6.42 Å². The second-order valence-corrected chi connectivity index (χ2v) is 17.2. The van der Waals surface area contributed by atoms with Gasteiger partial charge in [0.1, 0.15) is 35.4 Å². The van der Waals surface area contributed by atoms with E-state index < -0.39 is 71.2 Å². The third-order valence-electron chi connectivity index (χ3n) is 9.36. The van der Waals surface area contributed by atoms with Crippen molar-refractivity contribution >= 4 is 35.8 Å². The third kappa shape index (κ3) is 18.8. The molecule has 0 saturated carbocycles. The van der Waals surface area contributed by atoms with Crippen molar-refractivity contribution in [2.75, 3.05) is 13.1 Å². The lowest BCUT2D eigenvalue weighted by atomic mass is 10.0. The molecule has 0 aliphatic rings. The molecule has 0 spiro atoms. The number of hydrogen-bond donors (Lipinski definition) is 6. The van der Waals surface area contributed by atoms with E-state index in [2.05, 4.69) is 31.9 Å². The SMILES string of the molecule is CC(C)(C)OC(=O)N[C@H](Cc1ccccc1)C(=O)N[C@@H](Cc1ccccc1)C(=O)NCCCNC(=O)[C@H](Cc1ccccc1)NC(=O)[C@@H](Cc1ccccc1)NC(=O)OC(C)(C)C. The fourth-order valence-electron chi connectivity index (χ4n) is 6.44. The Morgan fingerprint density at radius 3 is 0.905 bits per heavy atom. The van der Waals surface area contributed by atoms with Crippen molar-refractivity contribution in [3.63, 3.8) is 0 Å². The molecule has 0 bridgehead atoms. The van der Waals surface area contributed by atoms with Crippen LogP contribution in [0.5, 0.6) is 0 Å². The van der Waals surface area contributed by atoms with Crippen molar-refractivity contribution in [2.24, 2.45) is 0 Å². The molecular formula is C49H62N6O8. The van der Waals surface area contributed by atoms with Crippen LogP contribution in [0.25, 0.3) is 0 Å². The van der Waals surface area contributed by atoms with Gasteiger partial charge in [0.25, 0.3) is 0 Å². The molecule has 6 N–H and O–H groups in total. The van der Waals surface area contributed by atoms with E-state index >= 15 is 0 Å². The molecule has 4 aromatic carbocycles. The Bertz CT molecular complexity index is 1920. The van der Waals surface area contributed by atoms with Crippen molar-refractivity contribution in [1.82, 2.24) is 31.9 Å². The van der Waals surface area contributed by atoms with E-state index in [0.717, 1.165) is 22.3 Å². The first-order valence-electron chi connectivity index (χ1n) is 21.2. The minimum absolute atomic E-state index is 0.151. The summed E-state index contributed by atoms with van der Waals surface area (Å²) in [6.45, 7) is 10.7. The van der Waals surface area contributed by atoms with Crippen LogP contribution in [-0.4, -0.2) is 84.3 Å². The summed E-state index contributed by atoms with van der Waals surface area (Å²) in [7, 11) is 0. The highest BCUT2D eigenvalue weighted by atomic mass is 16.6. The Labute approximate surface area is 370 Å². The number of nitrogens with one attached hydrogen (secondary N) is 6. The van der Waals surface area contributed by atoms with E-state index in [1.165, 1.54) is 0 Å². The van der Waals surface area contributed by atoms with Crippen LogP contribution >= 0.6 is 0 Å². The molecule has 4 rings (SSSR count). The summed E-state index contributed by atoms with van der Waals surface area (Å²) >= 11 is 0. The molecule has 14 nitrogen and oxygen atoms in total. The first kappa shape index (κ1) is 49.0. The number of carbonyl (C=O) groups is 6. The maximum absolute atomic E-state index is 13.9. The topological polar surface area (TPSA) is 193 Å². The standard InChI is InChI=1S/C49H62N6O8/c1-48(2,3)62-46(60)54-40(32-36-24-15-9-16-25-36)44(58)52-38(30-34-20-11-7-12-21-34)42(56)50-28-19-29-51-43(57)39(31-35-22-13-8-14-23-35)53-45(59)41(33-37-26-17-10-18-27-37)55-47(61)63-49(4,5)6/h7-18,20-27,38-41H,19,28-33H2,1-6H3,(H,50,56)(H,51,57)(H,52,58)(H,53,59)(H,54,60)(H,55,61)/t38-,39-,40+,41+/m0/s1. The molecule has 63 heavy (non-hydrogen) atoms. The van der Waals surface area contributed by atoms with Gasteiger partial charge in [-0.25, -0.2) is 9.59 Å². The first-order chi connectivity index (χ1) is 29.9. The molecule has 0 unspecified atom stereocenters. The lowest BCUT2D eigenvalue weighted by Gasteiger charge is -2.26. The molecule has 0 fully saturated rings. The van der Waals surface area contributed by atoms with Crippen molar-refractivity contribution in [1.29, 1.82) is 0 Å². The summed E-state index contributed by atoms with van der Waals surface area (Å²) in [6.07, 6.45) is -0.540. The molecule has 4 atom stereocenters. The van der Waals surface area contributed by atoms with Crippen LogP contribution < -0.4 is 31.9 Å². The predicted octanol–water partition coefficient (Wildman–Crippen LogP) is 5.34. The highest BCUT2D eigenvalue weighted by molar-refractivity contribution is 5.92. The normalized spacial score (nSPS) is 13.2. The van der Waals surface area contributed by atoms with Gasteiger partial charge in [-0.2, -0.15) is 0 Å². The number of carbonyl (C=O) groups excluding carboxylic acids is 6. The number of rotatable bonds is 20. The lowest BCUT2D eigenvalue weighted by Crippen LogP contribution is -2.56. The van der Waals surface area contributed by atoms with Crippen LogP contribution in [0.2, 0.25) is 0 Å². The summed E-state index contributed by atoms with van der Waals surface area (Å²) in [5.74, 6) is -2.03. The second-order valence-electron chi connectivity index (χ2n) is 17.2. The molecule has 14 heteroatoms. The zero-order chi connectivity index (χ0) is 45.8. The van der Waals surface area contributed by atoms with Gasteiger partial charge in [-0.15, -0.1) is 0 Å². The fraction of sp³-hybridized carbons (Fsp3) is 0.388.